The first-order chi connectivity index (χ1) is 9.56. The van der Waals surface area contributed by atoms with Crippen molar-refractivity contribution in [1.29, 1.82) is 0 Å². The molecule has 1 fully saturated rings. The fourth-order valence-electron chi connectivity index (χ4n) is 2.95. The molecule has 0 aromatic heterocycles. The Morgan fingerprint density at radius 3 is 2.95 bits per heavy atom. The van der Waals surface area contributed by atoms with Gasteiger partial charge in [-0.05, 0) is 58.8 Å². The van der Waals surface area contributed by atoms with Crippen molar-refractivity contribution >= 4 is 33.4 Å². The minimum atomic E-state index is -0.0387. The van der Waals surface area contributed by atoms with Gasteiger partial charge in [-0.25, -0.2) is 0 Å². The average Bonchev–Trinajstić information content (AvgIpc) is 2.42. The monoisotopic (exact) mass is 357 g/mol. The Hall–Kier alpha value is -0.540. The maximum atomic E-state index is 12.0. The number of hydrogen-bond donors (Lipinski definition) is 1. The Balaban J connectivity index is 1.78. The van der Waals surface area contributed by atoms with Gasteiger partial charge in [-0.15, -0.1) is 0 Å². The number of benzene rings is 1. The third kappa shape index (κ3) is 4.49. The van der Waals surface area contributed by atoms with Crippen molar-refractivity contribution in [3.63, 3.8) is 0 Å². The lowest BCUT2D eigenvalue weighted by Gasteiger charge is -2.26. The van der Waals surface area contributed by atoms with Gasteiger partial charge in [0.2, 0.25) is 0 Å². The first-order valence-electron chi connectivity index (χ1n) is 7.29. The maximum Gasteiger partial charge on any atom is 0.251 e. The van der Waals surface area contributed by atoms with Crippen LogP contribution in [0.1, 0.15) is 49.4 Å². The van der Waals surface area contributed by atoms with Crippen LogP contribution in [-0.4, -0.2) is 12.5 Å². The molecule has 2 nitrogen and oxygen atoms in total. The first kappa shape index (κ1) is 15.8. The van der Waals surface area contributed by atoms with Gasteiger partial charge in [0.25, 0.3) is 5.91 Å². The van der Waals surface area contributed by atoms with E-state index in [0.29, 0.717) is 10.6 Å². The van der Waals surface area contributed by atoms with Crippen molar-refractivity contribution in [3.05, 3.63) is 33.3 Å². The molecule has 1 aromatic rings. The zero-order valence-corrected chi connectivity index (χ0v) is 14.1. The summed E-state index contributed by atoms with van der Waals surface area (Å²) in [7, 11) is 0. The molecule has 1 amide bonds. The van der Waals surface area contributed by atoms with E-state index in [1.165, 1.54) is 25.7 Å². The summed E-state index contributed by atoms with van der Waals surface area (Å²) in [6, 6.07) is 5.29. The SMILES string of the molecule is CC1CCCC(CCNC(=O)c2ccc(Br)c(Cl)c2)C1. The zero-order valence-electron chi connectivity index (χ0n) is 11.8. The first-order valence-corrected chi connectivity index (χ1v) is 8.46. The van der Waals surface area contributed by atoms with Gasteiger partial charge in [0, 0.05) is 16.6 Å². The van der Waals surface area contributed by atoms with Crippen molar-refractivity contribution in [3.8, 4) is 0 Å². The average molecular weight is 359 g/mol. The molecule has 0 spiro atoms. The maximum absolute atomic E-state index is 12.0. The second kappa shape index (κ2) is 7.46. The molecule has 1 aliphatic carbocycles. The Morgan fingerprint density at radius 1 is 1.45 bits per heavy atom. The molecule has 1 N–H and O–H groups in total. The van der Waals surface area contributed by atoms with E-state index < -0.39 is 0 Å². The van der Waals surface area contributed by atoms with Crippen LogP contribution in [0.4, 0.5) is 0 Å². The number of amides is 1. The highest BCUT2D eigenvalue weighted by atomic mass is 79.9. The van der Waals surface area contributed by atoms with Gasteiger partial charge in [-0.2, -0.15) is 0 Å². The molecule has 1 saturated carbocycles. The molecule has 110 valence electrons. The molecule has 1 aliphatic rings. The smallest absolute Gasteiger partial charge is 0.251 e. The van der Waals surface area contributed by atoms with E-state index in [2.05, 4.69) is 28.2 Å². The van der Waals surface area contributed by atoms with Gasteiger partial charge in [0.1, 0.15) is 0 Å². The standard InChI is InChI=1S/C16H21BrClNO/c1-11-3-2-4-12(9-11)7-8-19-16(20)13-5-6-14(17)15(18)10-13/h5-6,10-12H,2-4,7-9H2,1H3,(H,19,20). The second-order valence-electron chi connectivity index (χ2n) is 5.81. The van der Waals surface area contributed by atoms with Crippen molar-refractivity contribution in [1.82, 2.24) is 5.32 Å². The fourth-order valence-corrected chi connectivity index (χ4v) is 3.38. The zero-order chi connectivity index (χ0) is 14.5. The minimum Gasteiger partial charge on any atom is -0.352 e. The molecule has 2 atom stereocenters. The van der Waals surface area contributed by atoms with Crippen LogP contribution in [0.25, 0.3) is 0 Å². The lowest BCUT2D eigenvalue weighted by atomic mass is 9.81. The molecule has 0 heterocycles. The molecule has 0 aliphatic heterocycles. The number of hydrogen-bond acceptors (Lipinski definition) is 1. The summed E-state index contributed by atoms with van der Waals surface area (Å²) in [5, 5.41) is 3.56. The van der Waals surface area contributed by atoms with Gasteiger partial charge >= 0.3 is 0 Å². The highest BCUT2D eigenvalue weighted by Gasteiger charge is 2.18. The number of rotatable bonds is 4. The summed E-state index contributed by atoms with van der Waals surface area (Å²) in [5.41, 5.74) is 0.621. The van der Waals surface area contributed by atoms with E-state index in [1.54, 1.807) is 18.2 Å². The van der Waals surface area contributed by atoms with E-state index in [0.717, 1.165) is 29.3 Å². The van der Waals surface area contributed by atoms with Crippen LogP contribution in [0.5, 0.6) is 0 Å². The normalized spacial score (nSPS) is 22.6. The summed E-state index contributed by atoms with van der Waals surface area (Å²) in [5.74, 6) is 1.57. The molecule has 0 saturated heterocycles. The minimum absolute atomic E-state index is 0.0387. The third-order valence-electron chi connectivity index (χ3n) is 4.06. The molecular weight excluding hydrogens is 338 g/mol. The quantitative estimate of drug-likeness (QED) is 0.802. The van der Waals surface area contributed by atoms with E-state index >= 15 is 0 Å². The molecule has 0 bridgehead atoms. The lowest BCUT2D eigenvalue weighted by Crippen LogP contribution is -2.27. The van der Waals surface area contributed by atoms with E-state index in [9.17, 15) is 4.79 Å². The van der Waals surface area contributed by atoms with Gasteiger partial charge in [-0.3, -0.25) is 4.79 Å². The van der Waals surface area contributed by atoms with Crippen LogP contribution in [0, 0.1) is 11.8 Å². The van der Waals surface area contributed by atoms with Gasteiger partial charge in [0.15, 0.2) is 0 Å². The number of carbonyl (C=O) groups excluding carboxylic acids is 1. The summed E-state index contributed by atoms with van der Waals surface area (Å²) >= 11 is 9.33. The van der Waals surface area contributed by atoms with E-state index in [4.69, 9.17) is 11.6 Å². The molecular formula is C16H21BrClNO. The topological polar surface area (TPSA) is 29.1 Å². The van der Waals surface area contributed by atoms with Gasteiger partial charge in [-0.1, -0.05) is 37.8 Å². The fraction of sp³-hybridized carbons (Fsp3) is 0.562. The van der Waals surface area contributed by atoms with Crippen LogP contribution in [0.2, 0.25) is 5.02 Å². The number of nitrogens with one attached hydrogen (secondary N) is 1. The van der Waals surface area contributed by atoms with Gasteiger partial charge < -0.3 is 5.32 Å². The number of carbonyl (C=O) groups is 1. The third-order valence-corrected chi connectivity index (χ3v) is 5.30. The Labute approximate surface area is 134 Å². The van der Waals surface area contributed by atoms with E-state index in [1.807, 2.05) is 0 Å². The largest absolute Gasteiger partial charge is 0.352 e. The molecule has 1 aromatic carbocycles. The van der Waals surface area contributed by atoms with Crippen LogP contribution < -0.4 is 5.32 Å². The van der Waals surface area contributed by atoms with Crippen molar-refractivity contribution < 1.29 is 4.79 Å². The summed E-state index contributed by atoms with van der Waals surface area (Å²) in [4.78, 5) is 12.0. The summed E-state index contributed by atoms with van der Waals surface area (Å²) < 4.78 is 0.812. The lowest BCUT2D eigenvalue weighted by molar-refractivity contribution is 0.0949. The highest BCUT2D eigenvalue weighted by molar-refractivity contribution is 9.10. The number of halogens is 2. The predicted octanol–water partition coefficient (Wildman–Crippen LogP) is 5.05. The molecule has 2 rings (SSSR count). The Kier molecular flexibility index (Phi) is 5.91. The van der Waals surface area contributed by atoms with Crippen LogP contribution in [-0.2, 0) is 0 Å². The van der Waals surface area contributed by atoms with Crippen LogP contribution >= 0.6 is 27.5 Å². The van der Waals surface area contributed by atoms with Crippen LogP contribution in [0.15, 0.2) is 22.7 Å². The molecule has 4 heteroatoms. The Bertz CT molecular complexity index is 478. The Morgan fingerprint density at radius 2 is 2.25 bits per heavy atom. The molecule has 0 radical (unpaired) electrons. The summed E-state index contributed by atoms with van der Waals surface area (Å²) in [6.45, 7) is 3.08. The van der Waals surface area contributed by atoms with Crippen LogP contribution in [0.3, 0.4) is 0 Å². The highest BCUT2D eigenvalue weighted by Crippen LogP contribution is 2.30. The molecule has 2 unspecified atom stereocenters. The van der Waals surface area contributed by atoms with Crippen molar-refractivity contribution in [2.24, 2.45) is 11.8 Å². The predicted molar refractivity (Wildman–Crippen MR) is 87.2 cm³/mol. The second-order valence-corrected chi connectivity index (χ2v) is 7.07. The van der Waals surface area contributed by atoms with E-state index in [-0.39, 0.29) is 5.91 Å². The molecule has 20 heavy (non-hydrogen) atoms. The summed E-state index contributed by atoms with van der Waals surface area (Å²) in [6.07, 6.45) is 6.40. The van der Waals surface area contributed by atoms with Crippen molar-refractivity contribution in [2.75, 3.05) is 6.54 Å². The van der Waals surface area contributed by atoms with Crippen molar-refractivity contribution in [2.45, 2.75) is 39.0 Å². The van der Waals surface area contributed by atoms with Gasteiger partial charge in [0.05, 0.1) is 5.02 Å².